The molecule has 0 aliphatic carbocycles. The maximum Gasteiger partial charge on any atom is 0.214 e. The van der Waals surface area contributed by atoms with Crippen LogP contribution in [0, 0.1) is 0 Å². The van der Waals surface area contributed by atoms with E-state index in [1.54, 1.807) is 0 Å². The summed E-state index contributed by atoms with van der Waals surface area (Å²) in [6.45, 7) is 1.52. The molecule has 0 aromatic heterocycles. The van der Waals surface area contributed by atoms with Gasteiger partial charge in [0.1, 0.15) is 38.1 Å². The second-order valence-corrected chi connectivity index (χ2v) is 14.3. The van der Waals surface area contributed by atoms with Gasteiger partial charge in [0.25, 0.3) is 0 Å². The summed E-state index contributed by atoms with van der Waals surface area (Å²) in [7, 11) is -5.71. The molecule has 0 nitrogen and oxygen atoms in total. The van der Waals surface area contributed by atoms with Crippen molar-refractivity contribution in [3.63, 3.8) is 0 Å². The average molecular weight is 381 g/mol. The van der Waals surface area contributed by atoms with E-state index >= 15 is 0 Å². The Kier molecular flexibility index (Phi) is 16.1. The number of halogens is 8. The van der Waals surface area contributed by atoms with Crippen LogP contribution in [0.5, 0.6) is 0 Å². The monoisotopic (exact) mass is 380 g/mol. The van der Waals surface area contributed by atoms with E-state index in [2.05, 4.69) is 0 Å². The number of hydrogen-bond donors (Lipinski definition) is 0. The van der Waals surface area contributed by atoms with Crippen molar-refractivity contribution in [1.82, 2.24) is 0 Å². The summed E-state index contributed by atoms with van der Waals surface area (Å²) in [5.74, 6) is 0. The molecular formula is C8H20F8Si4. The highest BCUT2D eigenvalue weighted by atomic mass is 28.3. The van der Waals surface area contributed by atoms with Crippen LogP contribution in [-0.4, -0.2) is 62.3 Å². The Hall–Kier alpha value is 0.308. The molecule has 12 heteroatoms. The summed E-state index contributed by atoms with van der Waals surface area (Å²) >= 11 is 0. The van der Waals surface area contributed by atoms with E-state index in [4.69, 9.17) is 0 Å². The molecule has 124 valence electrons. The summed E-state index contributed by atoms with van der Waals surface area (Å²) in [5, 5.41) is -0.306. The van der Waals surface area contributed by atoms with Gasteiger partial charge in [-0.1, -0.05) is 24.2 Å². The first-order valence-electron chi connectivity index (χ1n) is 6.27. The molecule has 0 saturated heterocycles. The molecule has 0 fully saturated rings. The van der Waals surface area contributed by atoms with E-state index in [0.29, 0.717) is 12.1 Å². The maximum atomic E-state index is 11.6. The van der Waals surface area contributed by atoms with Crippen molar-refractivity contribution in [2.24, 2.45) is 0 Å². The van der Waals surface area contributed by atoms with Crippen LogP contribution in [0.25, 0.3) is 0 Å². The van der Waals surface area contributed by atoms with E-state index in [9.17, 15) is 35.1 Å². The van der Waals surface area contributed by atoms with E-state index in [1.807, 2.05) is 0 Å². The van der Waals surface area contributed by atoms with Crippen LogP contribution in [-0.2, 0) is 0 Å². The van der Waals surface area contributed by atoms with Crippen molar-refractivity contribution in [3.8, 4) is 0 Å². The molecule has 0 heterocycles. The average Bonchev–Trinajstić information content (AvgIpc) is 2.22. The predicted molar refractivity (Wildman–Crippen MR) is 77.2 cm³/mol. The van der Waals surface area contributed by atoms with Crippen molar-refractivity contribution in [1.29, 1.82) is 0 Å². The van der Waals surface area contributed by atoms with E-state index < -0.39 is 62.3 Å². The van der Waals surface area contributed by atoms with E-state index in [0.717, 1.165) is 0 Å². The zero-order chi connectivity index (χ0) is 16.1. The van der Waals surface area contributed by atoms with Crippen LogP contribution in [0.3, 0.4) is 0 Å². The molecule has 0 radical (unpaired) electrons. The standard InChI is InChI=1S/2C4H10F4Si2/c1-2(9-3(5)6)10-4(7)8;5-3(6)9-1-2-10-4(7)8/h2-4H,9-10H2,1H3;3-4H,1-2,9-10H2. The first kappa shape index (κ1) is 22.6. The summed E-state index contributed by atoms with van der Waals surface area (Å²) in [4.78, 5) is 0. The molecule has 0 aliphatic rings. The molecule has 0 aromatic carbocycles. The molecule has 0 N–H and O–H groups in total. The third-order valence-corrected chi connectivity index (χ3v) is 10.3. The topological polar surface area (TPSA) is 0 Å². The van der Waals surface area contributed by atoms with Gasteiger partial charge < -0.3 is 0 Å². The maximum absolute atomic E-state index is 11.6. The van der Waals surface area contributed by atoms with E-state index in [-0.39, 0.29) is 5.16 Å². The summed E-state index contributed by atoms with van der Waals surface area (Å²) < 4.78 is 92.1. The zero-order valence-corrected chi connectivity index (χ0v) is 16.8. The lowest BCUT2D eigenvalue weighted by Crippen LogP contribution is -2.20. The molecule has 0 aromatic rings. The second-order valence-electron chi connectivity index (χ2n) is 4.43. The molecule has 0 bridgehead atoms. The van der Waals surface area contributed by atoms with Crippen LogP contribution in [0.2, 0.25) is 17.3 Å². The first-order valence-corrected chi connectivity index (χ1v) is 13.2. The number of rotatable bonds is 9. The third-order valence-electron chi connectivity index (χ3n) is 2.26. The van der Waals surface area contributed by atoms with Crippen molar-refractivity contribution >= 4 is 38.1 Å². The fourth-order valence-electron chi connectivity index (χ4n) is 1.30. The highest BCUT2D eigenvalue weighted by molar-refractivity contribution is 6.59. The molecule has 20 heavy (non-hydrogen) atoms. The normalized spacial score (nSPS) is 15.4. The van der Waals surface area contributed by atoms with Gasteiger partial charge in [-0.15, -0.1) is 0 Å². The quantitative estimate of drug-likeness (QED) is 0.320. The van der Waals surface area contributed by atoms with E-state index in [1.165, 1.54) is 6.92 Å². The molecule has 0 atom stereocenters. The summed E-state index contributed by atoms with van der Waals surface area (Å²) in [5.41, 5.74) is 0. The highest BCUT2D eigenvalue weighted by Crippen LogP contribution is 2.07. The second kappa shape index (κ2) is 14.3. The van der Waals surface area contributed by atoms with Crippen molar-refractivity contribution < 1.29 is 35.1 Å². The number of hydrogen-bond acceptors (Lipinski definition) is 0. The molecular weight excluding hydrogens is 360 g/mol. The van der Waals surface area contributed by atoms with Gasteiger partial charge in [0, 0.05) is 0 Å². The van der Waals surface area contributed by atoms with Gasteiger partial charge in [0.2, 0.25) is 24.2 Å². The first-order chi connectivity index (χ1) is 9.15. The van der Waals surface area contributed by atoms with Gasteiger partial charge in [-0.25, -0.2) is 35.1 Å². The zero-order valence-electron chi connectivity index (χ0n) is 11.2. The number of alkyl halides is 8. The van der Waals surface area contributed by atoms with Gasteiger partial charge in [-0.05, 0) is 0 Å². The van der Waals surface area contributed by atoms with Crippen LogP contribution < -0.4 is 0 Å². The van der Waals surface area contributed by atoms with Crippen molar-refractivity contribution in [3.05, 3.63) is 0 Å². The lowest BCUT2D eigenvalue weighted by atomic mass is 10.9. The SMILES string of the molecule is CC([SiH2]C(F)F)[SiH2]C(F)F.FC(F)[SiH2]CC[SiH2]C(F)F. The van der Waals surface area contributed by atoms with Gasteiger partial charge in [-0.3, -0.25) is 0 Å². The molecule has 0 amide bonds. The molecule has 0 saturated carbocycles. The van der Waals surface area contributed by atoms with Gasteiger partial charge in [0.05, 0.1) is 0 Å². The smallest absolute Gasteiger partial charge is 0.214 e. The third kappa shape index (κ3) is 23.4. The van der Waals surface area contributed by atoms with Crippen molar-refractivity contribution in [2.75, 3.05) is 0 Å². The van der Waals surface area contributed by atoms with Crippen LogP contribution >= 0.6 is 0 Å². The lowest BCUT2D eigenvalue weighted by Gasteiger charge is -2.06. The Morgan fingerprint density at radius 1 is 0.600 bits per heavy atom. The highest BCUT2D eigenvalue weighted by Gasteiger charge is 2.16. The largest absolute Gasteiger partial charge is 0.216 e. The fraction of sp³-hybridized carbons (Fsp3) is 1.00. The van der Waals surface area contributed by atoms with Crippen LogP contribution in [0.15, 0.2) is 0 Å². The molecule has 0 rings (SSSR count). The lowest BCUT2D eigenvalue weighted by molar-refractivity contribution is 0.232. The Bertz CT molecular complexity index is 187. The van der Waals surface area contributed by atoms with Gasteiger partial charge in [-0.2, -0.15) is 0 Å². The minimum Gasteiger partial charge on any atom is -0.216 e. The van der Waals surface area contributed by atoms with Crippen LogP contribution in [0.1, 0.15) is 6.92 Å². The van der Waals surface area contributed by atoms with Gasteiger partial charge >= 0.3 is 0 Å². The Morgan fingerprint density at radius 3 is 1.10 bits per heavy atom. The molecule has 0 aliphatic heterocycles. The fourth-order valence-corrected chi connectivity index (χ4v) is 7.73. The molecule has 0 unspecified atom stereocenters. The minimum atomic E-state index is -2.29. The van der Waals surface area contributed by atoms with Crippen molar-refractivity contribution in [2.45, 2.75) is 48.4 Å². The Morgan fingerprint density at radius 2 is 0.900 bits per heavy atom. The van der Waals surface area contributed by atoms with Gasteiger partial charge in [0.15, 0.2) is 0 Å². The van der Waals surface area contributed by atoms with Crippen LogP contribution in [0.4, 0.5) is 35.1 Å². The molecule has 0 spiro atoms. The summed E-state index contributed by atoms with van der Waals surface area (Å²) in [6, 6.07) is -8.16. The Balaban J connectivity index is 0. The summed E-state index contributed by atoms with van der Waals surface area (Å²) in [6.07, 6.45) is 0. The minimum absolute atomic E-state index is 0.306. The Labute approximate surface area is 122 Å². The predicted octanol–water partition coefficient (Wildman–Crippen LogP) is 1.14.